The molecule has 0 radical (unpaired) electrons. The molecule has 1 aromatic carbocycles. The molecule has 23 nitrogen and oxygen atoms in total. The van der Waals surface area contributed by atoms with Crippen LogP contribution in [0, 0.1) is 29.1 Å². The minimum absolute atomic E-state index is 0.00904. The quantitative estimate of drug-likeness (QED) is 0.0336. The van der Waals surface area contributed by atoms with Crippen molar-refractivity contribution in [1.82, 2.24) is 46.4 Å². The predicted molar refractivity (Wildman–Crippen MR) is 301 cm³/mol. The second kappa shape index (κ2) is 28.6. The number of imide groups is 2. The summed E-state index contributed by atoms with van der Waals surface area (Å²) in [6.07, 6.45) is 12.0. The fourth-order valence-corrected chi connectivity index (χ4v) is 12.5. The molecule has 0 spiro atoms. The standard InChI is InChI=1S/C61H81N9O14/c1-5-12-42(53(75)57(79)65-38-21-22-38)66-56(78)52-39-17-10-16-37(39)34-69(52)59(81)41(61(2,3)4)31-47(72)51(36-13-7-6-8-14-36)68-54(76)44-33-63-43(32-64-44)46(71)19-11-27-83-29-30-84-28-26-62-48(73)24-20-35-15-9-18-40-50(35)60(82)70(58(40)80)45-23-25-49(74)67-55(45)77/h9,15,18,32-33,36-39,41-42,45,51-52H,5-8,10-14,16-17,19-31,34H2,1-4H3,(H,62,73)(H,65,79)(H,66,78)(H,68,76)(H,67,74,77)/t37-,39-,41+,42-,45?,51-,52-/m0/s1. The van der Waals surface area contributed by atoms with Crippen LogP contribution in [0.4, 0.5) is 0 Å². The number of likely N-dealkylation sites (tertiary alicyclic amines) is 1. The molecular weight excluding hydrogens is 1080 g/mol. The molecule has 1 unspecified atom stereocenters. The number of Topliss-reactive ketones (excluding diaryl/α,β-unsaturated/α-hetero) is 3. The van der Waals surface area contributed by atoms with Gasteiger partial charge < -0.3 is 35.6 Å². The first-order chi connectivity index (χ1) is 40.2. The van der Waals surface area contributed by atoms with Gasteiger partial charge in [-0.05, 0) is 99.0 Å². The number of aromatic nitrogens is 2. The molecule has 1 aromatic heterocycles. The second-order valence-corrected chi connectivity index (χ2v) is 24.4. The zero-order chi connectivity index (χ0) is 60.2. The molecule has 3 aliphatic heterocycles. The van der Waals surface area contributed by atoms with E-state index in [9.17, 15) is 57.5 Å². The van der Waals surface area contributed by atoms with E-state index in [0.29, 0.717) is 37.8 Å². The zero-order valence-corrected chi connectivity index (χ0v) is 48.8. The number of aryl methyl sites for hydroxylation is 1. The van der Waals surface area contributed by atoms with Gasteiger partial charge in [-0.15, -0.1) is 0 Å². The Morgan fingerprint density at radius 2 is 1.52 bits per heavy atom. The number of nitrogens with one attached hydrogen (secondary N) is 5. The van der Waals surface area contributed by atoms with Crippen LogP contribution in [0.3, 0.4) is 0 Å². The summed E-state index contributed by atoms with van der Waals surface area (Å²) in [7, 11) is 0. The van der Waals surface area contributed by atoms with Crippen molar-refractivity contribution < 1.29 is 67.0 Å². The van der Waals surface area contributed by atoms with Crippen LogP contribution in [0.1, 0.15) is 191 Å². The molecule has 2 saturated heterocycles. The van der Waals surface area contributed by atoms with Crippen molar-refractivity contribution in [3.8, 4) is 0 Å². The Labute approximate surface area is 489 Å². The molecule has 2 aromatic rings. The topological polar surface area (TPSA) is 316 Å². The van der Waals surface area contributed by atoms with Gasteiger partial charge in [0.1, 0.15) is 23.5 Å². The average molecular weight is 1160 g/mol. The Morgan fingerprint density at radius 1 is 0.798 bits per heavy atom. The van der Waals surface area contributed by atoms with Crippen LogP contribution in [0.5, 0.6) is 0 Å². The van der Waals surface area contributed by atoms with Crippen molar-refractivity contribution in [2.45, 2.75) is 180 Å². The maximum atomic E-state index is 15.0. The monoisotopic (exact) mass is 1160 g/mol. The van der Waals surface area contributed by atoms with E-state index >= 15 is 0 Å². The Bertz CT molecular complexity index is 2840. The third kappa shape index (κ3) is 15.6. The van der Waals surface area contributed by atoms with Gasteiger partial charge in [0, 0.05) is 57.3 Å². The van der Waals surface area contributed by atoms with Crippen molar-refractivity contribution in [2.75, 3.05) is 39.5 Å². The number of rotatable bonds is 29. The van der Waals surface area contributed by atoms with Crippen molar-refractivity contribution in [1.29, 1.82) is 0 Å². The van der Waals surface area contributed by atoms with Crippen LogP contribution in [0.2, 0.25) is 0 Å². The Balaban J connectivity index is 0.760. The number of fused-ring (bicyclic) bond motifs is 2. The summed E-state index contributed by atoms with van der Waals surface area (Å²) in [5, 5.41) is 13.5. The molecule has 9 amide bonds. The van der Waals surface area contributed by atoms with Crippen LogP contribution in [0.25, 0.3) is 0 Å². The van der Waals surface area contributed by atoms with Gasteiger partial charge in [0.05, 0.1) is 55.4 Å². The number of nitrogens with zero attached hydrogens (tertiary/aromatic N) is 4. The molecule has 454 valence electrons. The first-order valence-corrected chi connectivity index (χ1v) is 30.2. The van der Waals surface area contributed by atoms with Gasteiger partial charge in [0.25, 0.3) is 23.6 Å². The van der Waals surface area contributed by atoms with Crippen LogP contribution in [0.15, 0.2) is 30.6 Å². The highest BCUT2D eigenvalue weighted by Gasteiger charge is 2.53. The number of piperidine rings is 1. The van der Waals surface area contributed by atoms with Crippen molar-refractivity contribution in [3.05, 3.63) is 58.7 Å². The number of benzene rings is 1. The van der Waals surface area contributed by atoms with E-state index in [4.69, 9.17) is 9.47 Å². The molecule has 5 N–H and O–H groups in total. The summed E-state index contributed by atoms with van der Waals surface area (Å²) in [6, 6.07) is 0.836. The number of carbonyl (C=O) groups is 12. The Morgan fingerprint density at radius 3 is 2.21 bits per heavy atom. The fourth-order valence-electron chi connectivity index (χ4n) is 12.5. The number of hydrogen-bond donors (Lipinski definition) is 5. The molecule has 7 atom stereocenters. The van der Waals surface area contributed by atoms with Gasteiger partial charge >= 0.3 is 0 Å². The summed E-state index contributed by atoms with van der Waals surface area (Å²) >= 11 is 0. The highest BCUT2D eigenvalue weighted by Crippen LogP contribution is 2.45. The molecule has 84 heavy (non-hydrogen) atoms. The minimum atomic E-state index is -1.09. The SMILES string of the molecule is CCC[C@H](NC(=O)[C@@H]1[C@H]2CCC[C@H]2CN1C(=O)[C@@H](CC(=O)[C@@H](NC(=O)c1cnc(C(=O)CCCOCCOCCNC(=O)CCc2cccc3c2C(=O)N(C2CCC(=O)NC2=O)C3=O)cn1)C1CCCCC1)C(C)(C)C)C(=O)C(=O)NC1CC1. The van der Waals surface area contributed by atoms with Crippen molar-refractivity contribution in [3.63, 3.8) is 0 Å². The van der Waals surface area contributed by atoms with E-state index in [-0.39, 0.29) is 148 Å². The molecule has 6 aliphatic rings. The molecular formula is C61H81N9O14. The minimum Gasteiger partial charge on any atom is -0.379 e. The van der Waals surface area contributed by atoms with Gasteiger partial charge in [0.2, 0.25) is 35.3 Å². The lowest BCUT2D eigenvalue weighted by atomic mass is 9.74. The molecule has 23 heteroatoms. The van der Waals surface area contributed by atoms with Gasteiger partial charge in [-0.25, -0.2) is 9.97 Å². The molecule has 0 bridgehead atoms. The second-order valence-electron chi connectivity index (χ2n) is 24.4. The Hall–Kier alpha value is -7.14. The summed E-state index contributed by atoms with van der Waals surface area (Å²) in [5.41, 5.74) is 0.0459. The fraction of sp³-hybridized carbons (Fsp3) is 0.639. The smallest absolute Gasteiger partial charge is 0.289 e. The van der Waals surface area contributed by atoms with Crippen molar-refractivity contribution in [2.24, 2.45) is 29.1 Å². The van der Waals surface area contributed by atoms with Gasteiger partial charge in [-0.3, -0.25) is 67.8 Å². The summed E-state index contributed by atoms with van der Waals surface area (Å²) in [5.74, 6) is -7.25. The number of ether oxygens (including phenoxy) is 2. The number of amides is 9. The third-order valence-electron chi connectivity index (χ3n) is 17.3. The van der Waals surface area contributed by atoms with Crippen LogP contribution >= 0.6 is 0 Å². The largest absolute Gasteiger partial charge is 0.379 e. The lowest BCUT2D eigenvalue weighted by Gasteiger charge is -2.37. The molecule has 8 rings (SSSR count). The number of carbonyl (C=O) groups excluding carboxylic acids is 12. The van der Waals surface area contributed by atoms with Gasteiger partial charge in [0.15, 0.2) is 11.6 Å². The highest BCUT2D eigenvalue weighted by molar-refractivity contribution is 6.38. The van der Waals surface area contributed by atoms with E-state index in [1.807, 2.05) is 27.7 Å². The summed E-state index contributed by atoms with van der Waals surface area (Å²) in [6.45, 7) is 8.99. The normalized spacial score (nSPS) is 21.7. The van der Waals surface area contributed by atoms with Crippen LogP contribution in [-0.2, 0) is 54.3 Å². The van der Waals surface area contributed by atoms with Crippen molar-refractivity contribution >= 4 is 70.5 Å². The van der Waals surface area contributed by atoms with E-state index < -0.39 is 82.6 Å². The van der Waals surface area contributed by atoms with E-state index in [1.165, 1.54) is 18.5 Å². The zero-order valence-electron chi connectivity index (χ0n) is 48.8. The summed E-state index contributed by atoms with van der Waals surface area (Å²) in [4.78, 5) is 171. The van der Waals surface area contributed by atoms with Crippen LogP contribution in [-0.4, -0.2) is 160 Å². The van der Waals surface area contributed by atoms with E-state index in [1.54, 1.807) is 17.0 Å². The first-order valence-electron chi connectivity index (χ1n) is 30.2. The maximum absolute atomic E-state index is 15.0. The lowest BCUT2D eigenvalue weighted by Crippen LogP contribution is -2.56. The molecule has 3 saturated carbocycles. The Kier molecular flexibility index (Phi) is 21.4. The number of ketones is 3. The summed E-state index contributed by atoms with van der Waals surface area (Å²) < 4.78 is 11.2. The van der Waals surface area contributed by atoms with Crippen LogP contribution < -0.4 is 26.6 Å². The molecule has 5 fully saturated rings. The number of hydrogen-bond acceptors (Lipinski definition) is 16. The first kappa shape index (κ1) is 62.9. The maximum Gasteiger partial charge on any atom is 0.289 e. The molecule has 4 heterocycles. The van der Waals surface area contributed by atoms with Gasteiger partial charge in [-0.1, -0.05) is 71.9 Å². The predicted octanol–water partition coefficient (Wildman–Crippen LogP) is 3.68. The van der Waals surface area contributed by atoms with Gasteiger partial charge in [-0.2, -0.15) is 0 Å². The third-order valence-corrected chi connectivity index (χ3v) is 17.3. The lowest BCUT2D eigenvalue weighted by molar-refractivity contribution is -0.148. The van der Waals surface area contributed by atoms with E-state index in [2.05, 4.69) is 36.6 Å². The highest BCUT2D eigenvalue weighted by atomic mass is 16.5. The average Bonchev–Trinajstić information content (AvgIpc) is 2.92. The van der Waals surface area contributed by atoms with E-state index in [0.717, 1.165) is 56.3 Å². The molecule has 3 aliphatic carbocycles.